The van der Waals surface area contributed by atoms with E-state index >= 15 is 0 Å². The number of urea groups is 2. The van der Waals surface area contributed by atoms with Crippen LogP contribution in [-0.2, 0) is 0 Å². The highest BCUT2D eigenvalue weighted by Crippen LogP contribution is 2.34. The van der Waals surface area contributed by atoms with E-state index in [1.807, 2.05) is 0 Å². The minimum atomic E-state index is -2.49. The van der Waals surface area contributed by atoms with E-state index in [1.54, 1.807) is 0 Å². The van der Waals surface area contributed by atoms with Crippen molar-refractivity contribution in [3.8, 4) is 0 Å². The van der Waals surface area contributed by atoms with Gasteiger partial charge in [0.25, 0.3) is 12.3 Å². The number of rotatable bonds is 4. The maximum atomic E-state index is 11.6. The van der Waals surface area contributed by atoms with Crippen molar-refractivity contribution in [3.63, 3.8) is 0 Å². The Labute approximate surface area is 116 Å². The average Bonchev–Trinajstić information content (AvgIpc) is 2.76. The van der Waals surface area contributed by atoms with E-state index in [9.17, 15) is 50.0 Å². The number of carbonyl (C=O) groups excluding carboxylic acids is 2. The van der Waals surface area contributed by atoms with Gasteiger partial charge in [-0.15, -0.1) is 0 Å². The largest absolute Gasteiger partial charge is 0.440 e. The van der Waals surface area contributed by atoms with Crippen molar-refractivity contribution < 1.29 is 29.7 Å². The molecule has 0 aliphatic carbocycles. The molecule has 0 unspecified atom stereocenters. The van der Waals surface area contributed by atoms with Crippen molar-refractivity contribution in [1.29, 1.82) is 0 Å². The smallest absolute Gasteiger partial charge is 0.236 e. The van der Waals surface area contributed by atoms with Crippen molar-refractivity contribution in [1.82, 2.24) is 20.0 Å². The number of hydrazine groups is 4. The van der Waals surface area contributed by atoms with Crippen molar-refractivity contribution >= 4 is 12.1 Å². The third-order valence-corrected chi connectivity index (χ3v) is 2.76. The van der Waals surface area contributed by atoms with Gasteiger partial charge < -0.3 is 0 Å². The van der Waals surface area contributed by atoms with Gasteiger partial charge in [0.1, 0.15) is 0 Å². The topological polar surface area (TPSA) is 220 Å². The van der Waals surface area contributed by atoms with Crippen molar-refractivity contribution in [2.24, 2.45) is 0 Å². The zero-order chi connectivity index (χ0) is 16.9. The molecule has 0 N–H and O–H groups in total. The molecule has 2 saturated heterocycles. The predicted octanol–water partition coefficient (Wildman–Crippen LogP) is -2.12. The van der Waals surface area contributed by atoms with E-state index in [4.69, 9.17) is 0 Å². The Bertz CT molecular complexity index is 528. The quantitative estimate of drug-likeness (QED) is 0.404. The van der Waals surface area contributed by atoms with Crippen LogP contribution in [0.4, 0.5) is 9.59 Å². The van der Waals surface area contributed by atoms with E-state index in [2.05, 4.69) is 0 Å². The highest BCUT2D eigenvalue weighted by Gasteiger charge is 2.77. The van der Waals surface area contributed by atoms with Gasteiger partial charge in [-0.25, -0.2) is 50.0 Å². The fourth-order valence-corrected chi connectivity index (χ4v) is 2.04. The zero-order valence-corrected chi connectivity index (χ0v) is 9.81. The molecule has 0 aromatic carbocycles. The highest BCUT2D eigenvalue weighted by atomic mass is 16.7. The maximum Gasteiger partial charge on any atom is 0.440 e. The number of fused-ring (bicyclic) bond motifs is 1. The van der Waals surface area contributed by atoms with Crippen LogP contribution in [0.1, 0.15) is 0 Å². The summed E-state index contributed by atoms with van der Waals surface area (Å²) in [6.07, 6.45) is -4.97. The van der Waals surface area contributed by atoms with Crippen molar-refractivity contribution in [3.05, 3.63) is 40.5 Å². The number of nitrogens with zero attached hydrogens (tertiary/aromatic N) is 8. The van der Waals surface area contributed by atoms with E-state index in [0.29, 0.717) is 0 Å². The molecule has 0 spiro atoms. The Morgan fingerprint density at radius 3 is 0.909 bits per heavy atom. The molecule has 0 aromatic heterocycles. The molecule has 18 heteroatoms. The summed E-state index contributed by atoms with van der Waals surface area (Å²) in [6.45, 7) is 0. The van der Waals surface area contributed by atoms with Gasteiger partial charge in [-0.3, -0.25) is 0 Å². The maximum absolute atomic E-state index is 11.6. The molecule has 22 heavy (non-hydrogen) atoms. The van der Waals surface area contributed by atoms with Crippen LogP contribution < -0.4 is 0 Å². The minimum absolute atomic E-state index is 0.600. The van der Waals surface area contributed by atoms with Gasteiger partial charge in [-0.2, -0.15) is 0 Å². The molecule has 4 amide bonds. The van der Waals surface area contributed by atoms with Crippen LogP contribution >= 0.6 is 0 Å². The van der Waals surface area contributed by atoms with Gasteiger partial charge in [0.2, 0.25) is 0 Å². The third-order valence-electron chi connectivity index (χ3n) is 2.76. The summed E-state index contributed by atoms with van der Waals surface area (Å²) in [5, 5.41) is 34.6. The predicted molar refractivity (Wildman–Crippen MR) is 53.7 cm³/mol. The second kappa shape index (κ2) is 4.32. The summed E-state index contributed by atoms with van der Waals surface area (Å²) in [7, 11) is 0. The molecule has 2 aliphatic rings. The Kier molecular flexibility index (Phi) is 2.86. The van der Waals surface area contributed by atoms with Crippen molar-refractivity contribution in [2.75, 3.05) is 0 Å². The van der Waals surface area contributed by atoms with Gasteiger partial charge in [0, 0.05) is 20.0 Å². The fourth-order valence-electron chi connectivity index (χ4n) is 2.04. The normalized spacial score (nSPS) is 23.8. The van der Waals surface area contributed by atoms with Gasteiger partial charge >= 0.3 is 12.1 Å². The molecule has 2 rings (SSSR count). The SMILES string of the molecule is O=C1N([N+](=O)[O-])C2C(N1[N+](=O)[O-])N([N+](=O)[O-])C(=O)N2[N+](=O)[O-]. The summed E-state index contributed by atoms with van der Waals surface area (Å²) in [5.74, 6) is 0. The molecule has 2 aliphatic heterocycles. The standard InChI is InChI=1S/C4H2N8O10/c13-3-5(9(15)16)1-2(7(3)11(19)20)8(12(21)22)4(14)6(1)10(17)18/h1-2H. The summed E-state index contributed by atoms with van der Waals surface area (Å²) in [6, 6.07) is -3.95. The average molecular weight is 322 g/mol. The first-order valence-electron chi connectivity index (χ1n) is 4.93. The van der Waals surface area contributed by atoms with Gasteiger partial charge in [-0.1, -0.05) is 0 Å². The molecular formula is C4H2N8O10. The summed E-state index contributed by atoms with van der Waals surface area (Å²) in [5.41, 5.74) is 0. The van der Waals surface area contributed by atoms with Crippen LogP contribution in [0, 0.1) is 40.5 Å². The Morgan fingerprint density at radius 1 is 0.591 bits per heavy atom. The lowest BCUT2D eigenvalue weighted by molar-refractivity contribution is -0.695. The molecule has 2 fully saturated rings. The number of nitro groups is 4. The van der Waals surface area contributed by atoms with E-state index in [0.717, 1.165) is 0 Å². The molecular weight excluding hydrogens is 320 g/mol. The molecule has 2 heterocycles. The van der Waals surface area contributed by atoms with Gasteiger partial charge in [0.15, 0.2) is 20.1 Å². The van der Waals surface area contributed by atoms with Crippen LogP contribution in [-0.4, -0.2) is 64.6 Å². The molecule has 0 aromatic rings. The first-order valence-corrected chi connectivity index (χ1v) is 4.93. The fraction of sp³-hybridized carbons (Fsp3) is 0.500. The van der Waals surface area contributed by atoms with E-state index < -0.39 is 64.6 Å². The van der Waals surface area contributed by atoms with Crippen LogP contribution in [0.2, 0.25) is 0 Å². The summed E-state index contributed by atoms with van der Waals surface area (Å²) < 4.78 is 0. The highest BCUT2D eigenvalue weighted by molar-refractivity contribution is 5.82. The van der Waals surface area contributed by atoms with E-state index in [1.165, 1.54) is 0 Å². The van der Waals surface area contributed by atoms with E-state index in [-0.39, 0.29) is 0 Å². The number of amides is 4. The first kappa shape index (κ1) is 14.5. The Hall–Kier alpha value is -3.86. The van der Waals surface area contributed by atoms with Crippen LogP contribution in [0.3, 0.4) is 0 Å². The van der Waals surface area contributed by atoms with Gasteiger partial charge in [0.05, 0.1) is 0 Å². The number of hydrogen-bond acceptors (Lipinski definition) is 10. The number of carbonyl (C=O) groups is 2. The molecule has 0 bridgehead atoms. The lowest BCUT2D eigenvalue weighted by atomic mass is 10.4. The summed E-state index contributed by atoms with van der Waals surface area (Å²) in [4.78, 5) is 66.4. The van der Waals surface area contributed by atoms with Crippen LogP contribution in [0.25, 0.3) is 0 Å². The van der Waals surface area contributed by atoms with Crippen molar-refractivity contribution in [2.45, 2.75) is 12.3 Å². The second-order valence-corrected chi connectivity index (χ2v) is 3.72. The monoisotopic (exact) mass is 322 g/mol. The molecule has 0 atom stereocenters. The first-order chi connectivity index (χ1) is 10.1. The lowest BCUT2D eigenvalue weighted by Gasteiger charge is -2.12. The molecule has 118 valence electrons. The summed E-state index contributed by atoms with van der Waals surface area (Å²) >= 11 is 0. The molecule has 0 radical (unpaired) electrons. The zero-order valence-electron chi connectivity index (χ0n) is 9.81. The lowest BCUT2D eigenvalue weighted by Crippen LogP contribution is -2.52. The molecule has 0 saturated carbocycles. The third kappa shape index (κ3) is 1.60. The Morgan fingerprint density at radius 2 is 0.773 bits per heavy atom. The van der Waals surface area contributed by atoms with Crippen LogP contribution in [0.5, 0.6) is 0 Å². The van der Waals surface area contributed by atoms with Gasteiger partial charge in [-0.05, 0) is 0 Å². The Balaban J connectivity index is 2.66. The van der Waals surface area contributed by atoms with Crippen LogP contribution in [0.15, 0.2) is 0 Å². The molecule has 18 nitrogen and oxygen atoms in total. The second-order valence-electron chi connectivity index (χ2n) is 3.72. The number of hydrogen-bond donors (Lipinski definition) is 0. The minimum Gasteiger partial charge on any atom is -0.236 e.